The Balaban J connectivity index is 1.67. The van der Waals surface area contributed by atoms with Gasteiger partial charge in [-0.25, -0.2) is 9.38 Å². The van der Waals surface area contributed by atoms with E-state index in [0.29, 0.717) is 10.9 Å². The van der Waals surface area contributed by atoms with E-state index in [1.165, 1.54) is 46.5 Å². The second-order valence-corrected chi connectivity index (χ2v) is 7.60. The maximum absolute atomic E-state index is 12.9. The first kappa shape index (κ1) is 19.1. The molecule has 1 aliphatic rings. The third kappa shape index (κ3) is 4.54. The highest BCUT2D eigenvalue weighted by atomic mass is 32.2. The molecule has 2 aromatic rings. The van der Waals surface area contributed by atoms with Gasteiger partial charge >= 0.3 is 0 Å². The van der Waals surface area contributed by atoms with E-state index in [0.717, 1.165) is 11.3 Å². The number of benzene rings is 2. The van der Waals surface area contributed by atoms with Crippen molar-refractivity contribution in [3.63, 3.8) is 0 Å². The van der Waals surface area contributed by atoms with Gasteiger partial charge < -0.3 is 5.32 Å². The fourth-order valence-corrected chi connectivity index (χ4v) is 3.77. The number of rotatable bonds is 4. The number of hydrogen-bond donors (Lipinski definition) is 1. The van der Waals surface area contributed by atoms with Gasteiger partial charge in [0.05, 0.1) is 5.69 Å². The predicted octanol–water partition coefficient (Wildman–Crippen LogP) is 4.03. The number of aliphatic imine (C=N–C) groups is 1. The van der Waals surface area contributed by atoms with Gasteiger partial charge in [0, 0.05) is 19.2 Å². The van der Waals surface area contributed by atoms with Crippen molar-refractivity contribution in [2.45, 2.75) is 25.5 Å². The second-order valence-electron chi connectivity index (χ2n) is 6.43. The van der Waals surface area contributed by atoms with Crippen LogP contribution in [0.5, 0.6) is 0 Å². The van der Waals surface area contributed by atoms with Crippen LogP contribution in [-0.2, 0) is 9.59 Å². The van der Waals surface area contributed by atoms with E-state index < -0.39 is 5.25 Å². The van der Waals surface area contributed by atoms with E-state index in [1.54, 1.807) is 7.05 Å². The summed E-state index contributed by atoms with van der Waals surface area (Å²) >= 11 is 1.28. The molecular formula is C20H20FN3O2S. The van der Waals surface area contributed by atoms with Gasteiger partial charge in [0.2, 0.25) is 11.8 Å². The molecule has 7 heteroatoms. The summed E-state index contributed by atoms with van der Waals surface area (Å²) in [5.41, 5.74) is 3.58. The number of thioether (sulfide) groups is 1. The fourth-order valence-electron chi connectivity index (χ4n) is 2.62. The van der Waals surface area contributed by atoms with Crippen molar-refractivity contribution >= 4 is 40.1 Å². The molecule has 3 rings (SSSR count). The van der Waals surface area contributed by atoms with Crippen molar-refractivity contribution < 1.29 is 14.0 Å². The lowest BCUT2D eigenvalue weighted by Gasteiger charge is -2.09. The van der Waals surface area contributed by atoms with Crippen LogP contribution in [0, 0.1) is 19.7 Å². The van der Waals surface area contributed by atoms with Gasteiger partial charge in [-0.05, 0) is 61.4 Å². The van der Waals surface area contributed by atoms with E-state index >= 15 is 0 Å². The zero-order valence-electron chi connectivity index (χ0n) is 15.3. The molecule has 2 amide bonds. The fraction of sp³-hybridized carbons (Fsp3) is 0.250. The molecule has 1 saturated heterocycles. The molecule has 0 unspecified atom stereocenters. The number of aryl methyl sites for hydroxylation is 2. The average molecular weight is 385 g/mol. The maximum Gasteiger partial charge on any atom is 0.242 e. The Morgan fingerprint density at radius 3 is 2.56 bits per heavy atom. The minimum Gasteiger partial charge on any atom is -0.326 e. The summed E-state index contributed by atoms with van der Waals surface area (Å²) in [6, 6.07) is 11.4. The number of carbonyl (C=O) groups is 2. The van der Waals surface area contributed by atoms with Crippen molar-refractivity contribution in [2.75, 3.05) is 12.4 Å². The van der Waals surface area contributed by atoms with Gasteiger partial charge in [0.15, 0.2) is 5.17 Å². The van der Waals surface area contributed by atoms with Crippen LogP contribution in [0.15, 0.2) is 47.5 Å². The zero-order chi connectivity index (χ0) is 19.6. The van der Waals surface area contributed by atoms with Crippen molar-refractivity contribution in [1.29, 1.82) is 0 Å². The Morgan fingerprint density at radius 1 is 1.19 bits per heavy atom. The van der Waals surface area contributed by atoms with Crippen LogP contribution in [-0.4, -0.2) is 34.2 Å². The van der Waals surface area contributed by atoms with Crippen molar-refractivity contribution in [2.24, 2.45) is 4.99 Å². The van der Waals surface area contributed by atoms with Gasteiger partial charge in [-0.2, -0.15) is 0 Å². The molecule has 0 bridgehead atoms. The smallest absolute Gasteiger partial charge is 0.242 e. The largest absolute Gasteiger partial charge is 0.326 e. The van der Waals surface area contributed by atoms with Crippen LogP contribution in [0.2, 0.25) is 0 Å². The molecule has 1 N–H and O–H groups in total. The lowest BCUT2D eigenvalue weighted by molar-refractivity contribution is -0.127. The summed E-state index contributed by atoms with van der Waals surface area (Å²) in [4.78, 5) is 30.7. The topological polar surface area (TPSA) is 61.8 Å². The average Bonchev–Trinajstić information content (AvgIpc) is 2.88. The summed E-state index contributed by atoms with van der Waals surface area (Å²) in [7, 11) is 1.66. The monoisotopic (exact) mass is 385 g/mol. The zero-order valence-corrected chi connectivity index (χ0v) is 16.1. The van der Waals surface area contributed by atoms with Crippen molar-refractivity contribution in [3.05, 3.63) is 59.4 Å². The number of amidine groups is 1. The highest BCUT2D eigenvalue weighted by molar-refractivity contribution is 8.15. The molecule has 0 radical (unpaired) electrons. The normalized spacial score (nSPS) is 18.2. The molecule has 0 aliphatic carbocycles. The Kier molecular flexibility index (Phi) is 5.60. The van der Waals surface area contributed by atoms with E-state index in [4.69, 9.17) is 0 Å². The molecule has 0 saturated carbocycles. The Morgan fingerprint density at radius 2 is 1.89 bits per heavy atom. The van der Waals surface area contributed by atoms with E-state index in [2.05, 4.69) is 10.3 Å². The predicted molar refractivity (Wildman–Crippen MR) is 107 cm³/mol. The van der Waals surface area contributed by atoms with Gasteiger partial charge in [-0.15, -0.1) is 0 Å². The second kappa shape index (κ2) is 7.92. The summed E-state index contributed by atoms with van der Waals surface area (Å²) in [5.74, 6) is -0.825. The van der Waals surface area contributed by atoms with Gasteiger partial charge in [-0.3, -0.25) is 14.5 Å². The number of nitrogens with one attached hydrogen (secondary N) is 1. The molecule has 2 aromatic carbocycles. The molecule has 0 spiro atoms. The number of hydrogen-bond acceptors (Lipinski definition) is 4. The third-order valence-corrected chi connectivity index (χ3v) is 5.58. The summed E-state index contributed by atoms with van der Waals surface area (Å²) in [6.07, 6.45) is 0.0250. The standard InChI is InChI=1S/C20H20FN3O2S/c1-12-4-7-16(10-13(12)2)23-20-24(3)19(26)17(27-20)11-18(25)22-15-8-5-14(21)6-9-15/h4-10,17H,11H2,1-3H3,(H,22,25)/t17-/m1/s1. The molecule has 1 atom stereocenters. The molecule has 140 valence electrons. The Bertz CT molecular complexity index is 912. The van der Waals surface area contributed by atoms with E-state index in [1.807, 2.05) is 32.0 Å². The molecule has 1 aliphatic heterocycles. The van der Waals surface area contributed by atoms with Crippen LogP contribution < -0.4 is 5.32 Å². The van der Waals surface area contributed by atoms with Crippen molar-refractivity contribution in [1.82, 2.24) is 4.90 Å². The lowest BCUT2D eigenvalue weighted by Crippen LogP contribution is -2.30. The molecule has 1 fully saturated rings. The first-order chi connectivity index (χ1) is 12.8. The van der Waals surface area contributed by atoms with Gasteiger partial charge in [0.1, 0.15) is 11.1 Å². The number of halogens is 1. The van der Waals surface area contributed by atoms with E-state index in [-0.39, 0.29) is 24.1 Å². The number of nitrogens with zero attached hydrogens (tertiary/aromatic N) is 2. The van der Waals surface area contributed by atoms with Crippen LogP contribution in [0.1, 0.15) is 17.5 Å². The number of carbonyl (C=O) groups excluding carboxylic acids is 2. The minimum atomic E-state index is -0.527. The van der Waals surface area contributed by atoms with Gasteiger partial charge in [-0.1, -0.05) is 17.8 Å². The van der Waals surface area contributed by atoms with Crippen LogP contribution in [0.4, 0.5) is 15.8 Å². The third-order valence-electron chi connectivity index (χ3n) is 4.35. The van der Waals surface area contributed by atoms with Crippen LogP contribution in [0.3, 0.4) is 0 Å². The van der Waals surface area contributed by atoms with E-state index in [9.17, 15) is 14.0 Å². The molecule has 0 aromatic heterocycles. The first-order valence-electron chi connectivity index (χ1n) is 8.49. The summed E-state index contributed by atoms with van der Waals surface area (Å²) in [5, 5.41) is 2.73. The summed E-state index contributed by atoms with van der Waals surface area (Å²) in [6.45, 7) is 4.04. The quantitative estimate of drug-likeness (QED) is 0.864. The highest BCUT2D eigenvalue weighted by Crippen LogP contribution is 2.31. The number of amides is 2. The highest BCUT2D eigenvalue weighted by Gasteiger charge is 2.37. The van der Waals surface area contributed by atoms with Crippen LogP contribution >= 0.6 is 11.8 Å². The number of anilines is 1. The first-order valence-corrected chi connectivity index (χ1v) is 9.37. The lowest BCUT2D eigenvalue weighted by atomic mass is 10.1. The minimum absolute atomic E-state index is 0.0250. The SMILES string of the molecule is Cc1ccc(N=C2S[C@H](CC(=O)Nc3ccc(F)cc3)C(=O)N2C)cc1C. The molecule has 27 heavy (non-hydrogen) atoms. The summed E-state index contributed by atoms with van der Waals surface area (Å²) < 4.78 is 12.9. The maximum atomic E-state index is 12.9. The van der Waals surface area contributed by atoms with Crippen LogP contribution in [0.25, 0.3) is 0 Å². The molecular weight excluding hydrogens is 365 g/mol. The van der Waals surface area contributed by atoms with Gasteiger partial charge in [0.25, 0.3) is 0 Å². The Hall–Kier alpha value is -2.67. The Labute approximate surface area is 161 Å². The molecule has 5 nitrogen and oxygen atoms in total. The molecule has 1 heterocycles. The van der Waals surface area contributed by atoms with Crippen molar-refractivity contribution in [3.8, 4) is 0 Å².